The molecule has 0 amide bonds. The number of rotatable bonds is 7. The number of benzene rings is 2. The van der Waals surface area contributed by atoms with Gasteiger partial charge in [-0.3, -0.25) is 0 Å². The summed E-state index contributed by atoms with van der Waals surface area (Å²) in [5.74, 6) is 1.03. The highest BCUT2D eigenvalue weighted by Gasteiger charge is 2.21. The van der Waals surface area contributed by atoms with Gasteiger partial charge in [0, 0.05) is 6.04 Å². The molecule has 0 unspecified atom stereocenters. The van der Waals surface area contributed by atoms with Gasteiger partial charge in [0.1, 0.15) is 5.75 Å². The third-order valence-corrected chi connectivity index (χ3v) is 5.26. The molecule has 0 aliphatic heterocycles. The van der Waals surface area contributed by atoms with Crippen LogP contribution in [0.15, 0.2) is 54.6 Å². The SMILES string of the molecule is Oc1ccc([C@H]2CC[C@@H](NCCCCc3ccccc3)CC2)cc1. The predicted octanol–water partition coefficient (Wildman–Crippen LogP) is 5.03. The Labute approximate surface area is 145 Å². The highest BCUT2D eigenvalue weighted by atomic mass is 16.3. The fourth-order valence-corrected chi connectivity index (χ4v) is 3.78. The summed E-state index contributed by atoms with van der Waals surface area (Å²) in [6.07, 6.45) is 8.76. The highest BCUT2D eigenvalue weighted by molar-refractivity contribution is 5.28. The zero-order valence-electron chi connectivity index (χ0n) is 14.5. The summed E-state index contributed by atoms with van der Waals surface area (Å²) in [6.45, 7) is 1.14. The zero-order chi connectivity index (χ0) is 16.6. The Hall–Kier alpha value is -1.80. The largest absolute Gasteiger partial charge is 0.508 e. The molecule has 0 aromatic heterocycles. The monoisotopic (exact) mass is 323 g/mol. The van der Waals surface area contributed by atoms with Crippen molar-refractivity contribution in [3.63, 3.8) is 0 Å². The fraction of sp³-hybridized carbons (Fsp3) is 0.455. The smallest absolute Gasteiger partial charge is 0.115 e. The van der Waals surface area contributed by atoms with E-state index in [0.29, 0.717) is 17.7 Å². The Kier molecular flexibility index (Phi) is 6.31. The molecule has 0 atom stereocenters. The van der Waals surface area contributed by atoms with E-state index in [1.54, 1.807) is 0 Å². The van der Waals surface area contributed by atoms with Gasteiger partial charge in [0.25, 0.3) is 0 Å². The van der Waals surface area contributed by atoms with Crippen molar-refractivity contribution in [1.29, 1.82) is 0 Å². The molecule has 3 rings (SSSR count). The number of hydrogen-bond acceptors (Lipinski definition) is 2. The first kappa shape index (κ1) is 17.0. The van der Waals surface area contributed by atoms with Crippen molar-refractivity contribution in [3.05, 3.63) is 65.7 Å². The average Bonchev–Trinajstić information content (AvgIpc) is 2.64. The Morgan fingerprint density at radius 3 is 2.25 bits per heavy atom. The number of aromatic hydroxyl groups is 1. The first-order valence-corrected chi connectivity index (χ1v) is 9.37. The van der Waals surface area contributed by atoms with Crippen LogP contribution in [0.1, 0.15) is 55.6 Å². The summed E-state index contributed by atoms with van der Waals surface area (Å²) in [6, 6.07) is 19.2. The van der Waals surface area contributed by atoms with Crippen molar-refractivity contribution in [2.24, 2.45) is 0 Å². The maximum atomic E-state index is 9.40. The second kappa shape index (κ2) is 8.89. The van der Waals surface area contributed by atoms with Crippen LogP contribution < -0.4 is 5.32 Å². The van der Waals surface area contributed by atoms with Crippen LogP contribution in [0, 0.1) is 0 Å². The van der Waals surface area contributed by atoms with Gasteiger partial charge in [0.15, 0.2) is 0 Å². The van der Waals surface area contributed by atoms with Gasteiger partial charge in [-0.15, -0.1) is 0 Å². The molecule has 0 spiro atoms. The Bertz CT molecular complexity index is 585. The molecule has 2 aromatic rings. The maximum Gasteiger partial charge on any atom is 0.115 e. The lowest BCUT2D eigenvalue weighted by Crippen LogP contribution is -2.33. The van der Waals surface area contributed by atoms with Crippen LogP contribution in [0.5, 0.6) is 5.75 Å². The third kappa shape index (κ3) is 5.10. The molecule has 2 nitrogen and oxygen atoms in total. The van der Waals surface area contributed by atoms with Gasteiger partial charge in [-0.1, -0.05) is 42.5 Å². The van der Waals surface area contributed by atoms with Crippen molar-refractivity contribution >= 4 is 0 Å². The lowest BCUT2D eigenvalue weighted by molar-refractivity contribution is 0.341. The topological polar surface area (TPSA) is 32.3 Å². The van der Waals surface area contributed by atoms with E-state index in [1.807, 2.05) is 12.1 Å². The van der Waals surface area contributed by atoms with Gasteiger partial charge in [-0.25, -0.2) is 0 Å². The molecule has 2 N–H and O–H groups in total. The van der Waals surface area contributed by atoms with Gasteiger partial charge in [-0.2, -0.15) is 0 Å². The molecule has 1 saturated carbocycles. The summed E-state index contributed by atoms with van der Waals surface area (Å²) < 4.78 is 0. The Morgan fingerprint density at radius 1 is 0.833 bits per heavy atom. The predicted molar refractivity (Wildman–Crippen MR) is 100 cm³/mol. The van der Waals surface area contributed by atoms with Crippen molar-refractivity contribution < 1.29 is 5.11 Å². The summed E-state index contributed by atoms with van der Waals surface area (Å²) in [5.41, 5.74) is 2.83. The zero-order valence-corrected chi connectivity index (χ0v) is 14.5. The van der Waals surface area contributed by atoms with E-state index in [2.05, 4.69) is 47.8 Å². The van der Waals surface area contributed by atoms with Gasteiger partial charge in [0.2, 0.25) is 0 Å². The molecule has 1 fully saturated rings. The molecule has 2 heteroatoms. The van der Waals surface area contributed by atoms with E-state index < -0.39 is 0 Å². The summed E-state index contributed by atoms with van der Waals surface area (Å²) >= 11 is 0. The molecular formula is C22H29NO. The van der Waals surface area contributed by atoms with Gasteiger partial charge in [0.05, 0.1) is 0 Å². The van der Waals surface area contributed by atoms with E-state index in [9.17, 15) is 5.11 Å². The average molecular weight is 323 g/mol. The summed E-state index contributed by atoms with van der Waals surface area (Å²) in [4.78, 5) is 0. The lowest BCUT2D eigenvalue weighted by atomic mass is 9.82. The minimum atomic E-state index is 0.365. The Morgan fingerprint density at radius 2 is 1.54 bits per heavy atom. The number of phenolic OH excluding ortho intramolecular Hbond substituents is 1. The molecular weight excluding hydrogens is 294 g/mol. The minimum absolute atomic E-state index is 0.365. The van der Waals surface area contributed by atoms with Gasteiger partial charge >= 0.3 is 0 Å². The van der Waals surface area contributed by atoms with Crippen LogP contribution in [-0.4, -0.2) is 17.7 Å². The number of aryl methyl sites for hydroxylation is 1. The number of unbranched alkanes of at least 4 members (excludes halogenated alkanes) is 1. The maximum absolute atomic E-state index is 9.40. The second-order valence-corrected chi connectivity index (χ2v) is 7.04. The van der Waals surface area contributed by atoms with E-state index >= 15 is 0 Å². The van der Waals surface area contributed by atoms with E-state index in [-0.39, 0.29) is 0 Å². The van der Waals surface area contributed by atoms with Crippen LogP contribution >= 0.6 is 0 Å². The highest BCUT2D eigenvalue weighted by Crippen LogP contribution is 2.33. The van der Waals surface area contributed by atoms with Crippen LogP contribution in [0.25, 0.3) is 0 Å². The first-order valence-electron chi connectivity index (χ1n) is 9.37. The van der Waals surface area contributed by atoms with E-state index in [4.69, 9.17) is 0 Å². The molecule has 24 heavy (non-hydrogen) atoms. The van der Waals surface area contributed by atoms with Gasteiger partial charge in [-0.05, 0) is 80.7 Å². The van der Waals surface area contributed by atoms with Crippen LogP contribution in [0.2, 0.25) is 0 Å². The van der Waals surface area contributed by atoms with E-state index in [0.717, 1.165) is 6.54 Å². The van der Waals surface area contributed by atoms with Crippen molar-refractivity contribution in [2.75, 3.05) is 6.54 Å². The Balaban J connectivity index is 1.30. The van der Waals surface area contributed by atoms with Crippen molar-refractivity contribution in [2.45, 2.75) is 56.9 Å². The standard InChI is InChI=1S/C22H29NO/c24-22-15-11-20(12-16-22)19-9-13-21(14-10-19)23-17-5-4-8-18-6-2-1-3-7-18/h1-3,6-7,11-12,15-16,19,21,23-24H,4-5,8-10,13-14,17H2/t19-,21+. The lowest BCUT2D eigenvalue weighted by Gasteiger charge is -2.29. The second-order valence-electron chi connectivity index (χ2n) is 7.04. The molecule has 0 saturated heterocycles. The normalized spacial score (nSPS) is 20.8. The third-order valence-electron chi connectivity index (χ3n) is 5.26. The minimum Gasteiger partial charge on any atom is -0.508 e. The number of hydrogen-bond donors (Lipinski definition) is 2. The van der Waals surface area contributed by atoms with Crippen LogP contribution in [0.4, 0.5) is 0 Å². The molecule has 0 bridgehead atoms. The summed E-state index contributed by atoms with van der Waals surface area (Å²) in [5, 5.41) is 13.1. The van der Waals surface area contributed by atoms with Crippen LogP contribution in [-0.2, 0) is 6.42 Å². The van der Waals surface area contributed by atoms with Crippen LogP contribution in [0.3, 0.4) is 0 Å². The van der Waals surface area contributed by atoms with Crippen molar-refractivity contribution in [3.8, 4) is 5.75 Å². The quantitative estimate of drug-likeness (QED) is 0.700. The number of nitrogens with one attached hydrogen (secondary N) is 1. The molecule has 1 aliphatic rings. The molecule has 128 valence electrons. The molecule has 0 heterocycles. The van der Waals surface area contributed by atoms with Crippen molar-refractivity contribution in [1.82, 2.24) is 5.32 Å². The van der Waals surface area contributed by atoms with Gasteiger partial charge < -0.3 is 10.4 Å². The summed E-state index contributed by atoms with van der Waals surface area (Å²) in [7, 11) is 0. The molecule has 2 aromatic carbocycles. The van der Waals surface area contributed by atoms with E-state index in [1.165, 1.54) is 56.1 Å². The molecule has 0 radical (unpaired) electrons. The fourth-order valence-electron chi connectivity index (χ4n) is 3.78. The number of phenols is 1. The first-order chi connectivity index (χ1) is 11.8. The molecule has 1 aliphatic carbocycles.